The van der Waals surface area contributed by atoms with E-state index in [1.54, 1.807) is 39.0 Å². The number of benzene rings is 1. The van der Waals surface area contributed by atoms with Gasteiger partial charge in [0.2, 0.25) is 11.8 Å². The molecule has 0 spiro atoms. The van der Waals surface area contributed by atoms with Crippen molar-refractivity contribution in [2.45, 2.75) is 33.2 Å². The highest BCUT2D eigenvalue weighted by Gasteiger charge is 2.23. The highest BCUT2D eigenvalue weighted by molar-refractivity contribution is 5.89. The number of methoxy groups -OCH3 is 1. The fourth-order valence-corrected chi connectivity index (χ4v) is 2.85. The molecule has 2 rings (SSSR count). The van der Waals surface area contributed by atoms with Gasteiger partial charge in [-0.1, -0.05) is 13.8 Å². The van der Waals surface area contributed by atoms with Crippen LogP contribution in [0.4, 0.5) is 0 Å². The minimum absolute atomic E-state index is 0.186. The number of amides is 2. The number of fused-ring (bicyclic) bond motifs is 1. The number of ether oxygens (including phenoxy) is 1. The zero-order valence-corrected chi connectivity index (χ0v) is 16.7. The minimum atomic E-state index is -1.15. The van der Waals surface area contributed by atoms with Crippen molar-refractivity contribution in [1.82, 2.24) is 10.6 Å². The number of hydrogen-bond acceptors (Lipinski definition) is 6. The Labute approximate surface area is 167 Å². The molecule has 0 aliphatic heterocycles. The average molecular weight is 404 g/mol. The van der Waals surface area contributed by atoms with Crippen LogP contribution in [0.2, 0.25) is 0 Å². The second-order valence-electron chi connectivity index (χ2n) is 6.94. The first kappa shape index (κ1) is 21.9. The summed E-state index contributed by atoms with van der Waals surface area (Å²) in [5.74, 6) is -2.11. The molecule has 1 aromatic carbocycles. The molecule has 9 nitrogen and oxygen atoms in total. The molecular weight excluding hydrogens is 380 g/mol. The summed E-state index contributed by atoms with van der Waals surface area (Å²) < 4.78 is 10.4. The van der Waals surface area contributed by atoms with Gasteiger partial charge in [-0.25, -0.2) is 9.59 Å². The third kappa shape index (κ3) is 5.34. The van der Waals surface area contributed by atoms with Gasteiger partial charge in [0.15, 0.2) is 0 Å². The molecule has 0 saturated carbocycles. The predicted octanol–water partition coefficient (Wildman–Crippen LogP) is 0.994. The van der Waals surface area contributed by atoms with Gasteiger partial charge in [-0.15, -0.1) is 0 Å². The van der Waals surface area contributed by atoms with Crippen LogP contribution in [-0.4, -0.2) is 42.6 Å². The number of aryl methyl sites for hydroxylation is 1. The maximum Gasteiger partial charge on any atom is 0.340 e. The Kier molecular flexibility index (Phi) is 6.98. The Morgan fingerprint density at radius 1 is 1.21 bits per heavy atom. The third-order valence-electron chi connectivity index (χ3n) is 4.53. The molecule has 1 aromatic heterocycles. The van der Waals surface area contributed by atoms with E-state index >= 15 is 0 Å². The first-order chi connectivity index (χ1) is 13.6. The van der Waals surface area contributed by atoms with Gasteiger partial charge in [-0.05, 0) is 30.5 Å². The number of nitrogens with one attached hydrogen (secondary N) is 2. The summed E-state index contributed by atoms with van der Waals surface area (Å²) >= 11 is 0. The molecule has 0 unspecified atom stereocenters. The summed E-state index contributed by atoms with van der Waals surface area (Å²) in [6, 6.07) is 3.99. The standard InChI is InChI=1S/C20H24N2O7/c1-10(2)18(19(25)26)22-17(24)9-21-16(23)8-14-11(3)13-6-5-12(28-4)7-15(13)29-20(14)27/h5-7,10,18H,8-9H2,1-4H3,(H,21,23)(H,22,24)(H,25,26)/t18-/m0/s1. The van der Waals surface area contributed by atoms with Gasteiger partial charge in [0.05, 0.1) is 25.6 Å². The fraction of sp³-hybridized carbons (Fsp3) is 0.400. The molecule has 1 heterocycles. The fourth-order valence-electron chi connectivity index (χ4n) is 2.85. The van der Waals surface area contributed by atoms with E-state index in [4.69, 9.17) is 14.3 Å². The molecule has 0 aliphatic rings. The van der Waals surface area contributed by atoms with Crippen LogP contribution in [-0.2, 0) is 20.8 Å². The van der Waals surface area contributed by atoms with Gasteiger partial charge in [-0.3, -0.25) is 9.59 Å². The lowest BCUT2D eigenvalue weighted by atomic mass is 10.0. The van der Waals surface area contributed by atoms with Crippen molar-refractivity contribution in [2.24, 2.45) is 5.92 Å². The predicted molar refractivity (Wildman–Crippen MR) is 105 cm³/mol. The number of carboxylic acids is 1. The van der Waals surface area contributed by atoms with E-state index < -0.39 is 36.0 Å². The molecule has 2 aromatic rings. The van der Waals surface area contributed by atoms with Gasteiger partial charge in [0.1, 0.15) is 17.4 Å². The second kappa shape index (κ2) is 9.22. The molecule has 29 heavy (non-hydrogen) atoms. The van der Waals surface area contributed by atoms with E-state index in [9.17, 15) is 19.2 Å². The molecule has 9 heteroatoms. The first-order valence-electron chi connectivity index (χ1n) is 9.03. The van der Waals surface area contributed by atoms with Crippen LogP contribution in [0.25, 0.3) is 11.0 Å². The van der Waals surface area contributed by atoms with Crippen LogP contribution in [0.15, 0.2) is 27.4 Å². The number of carbonyl (C=O) groups excluding carboxylic acids is 2. The molecule has 3 N–H and O–H groups in total. The topological polar surface area (TPSA) is 135 Å². The van der Waals surface area contributed by atoms with E-state index in [0.29, 0.717) is 22.3 Å². The molecule has 0 aliphatic carbocycles. The van der Waals surface area contributed by atoms with Crippen molar-refractivity contribution >= 4 is 28.8 Å². The molecule has 0 radical (unpaired) electrons. The highest BCUT2D eigenvalue weighted by Crippen LogP contribution is 2.24. The summed E-state index contributed by atoms with van der Waals surface area (Å²) in [5.41, 5.74) is 0.493. The Balaban J connectivity index is 2.07. The summed E-state index contributed by atoms with van der Waals surface area (Å²) in [4.78, 5) is 47.5. The lowest BCUT2D eigenvalue weighted by Gasteiger charge is -2.18. The van der Waals surface area contributed by atoms with Gasteiger partial charge in [0, 0.05) is 11.5 Å². The lowest BCUT2D eigenvalue weighted by molar-refractivity contribution is -0.143. The van der Waals surface area contributed by atoms with Crippen molar-refractivity contribution in [3.8, 4) is 5.75 Å². The Hall–Kier alpha value is -3.36. The average Bonchev–Trinajstić information content (AvgIpc) is 2.66. The number of carboxylic acid groups (broad SMARTS) is 1. The number of rotatable bonds is 8. The normalized spacial score (nSPS) is 11.9. The molecule has 2 amide bonds. The zero-order chi connectivity index (χ0) is 21.7. The van der Waals surface area contributed by atoms with Crippen LogP contribution < -0.4 is 21.0 Å². The van der Waals surface area contributed by atoms with Crippen molar-refractivity contribution < 1.29 is 28.6 Å². The zero-order valence-electron chi connectivity index (χ0n) is 16.7. The largest absolute Gasteiger partial charge is 0.497 e. The van der Waals surface area contributed by atoms with Crippen molar-refractivity contribution in [3.05, 3.63) is 39.7 Å². The van der Waals surface area contributed by atoms with E-state index in [2.05, 4.69) is 10.6 Å². The van der Waals surface area contributed by atoms with E-state index in [0.717, 1.165) is 0 Å². The van der Waals surface area contributed by atoms with Gasteiger partial charge in [0.25, 0.3) is 0 Å². The molecule has 0 fully saturated rings. The van der Waals surface area contributed by atoms with Crippen molar-refractivity contribution in [3.63, 3.8) is 0 Å². The minimum Gasteiger partial charge on any atom is -0.497 e. The number of carbonyl (C=O) groups is 3. The smallest absolute Gasteiger partial charge is 0.340 e. The quantitative estimate of drug-likeness (QED) is 0.559. The summed E-state index contributed by atoms with van der Waals surface area (Å²) in [7, 11) is 1.50. The molecular formula is C20H24N2O7. The monoisotopic (exact) mass is 404 g/mol. The Bertz CT molecular complexity index is 994. The maximum atomic E-state index is 12.3. The van der Waals surface area contributed by atoms with E-state index in [1.807, 2.05) is 0 Å². The lowest BCUT2D eigenvalue weighted by Crippen LogP contribution is -2.48. The molecule has 0 saturated heterocycles. The van der Waals surface area contributed by atoms with Crippen LogP contribution in [0.1, 0.15) is 25.0 Å². The Morgan fingerprint density at radius 3 is 2.48 bits per heavy atom. The number of hydrogen-bond donors (Lipinski definition) is 3. The van der Waals surface area contributed by atoms with Crippen molar-refractivity contribution in [1.29, 1.82) is 0 Å². The van der Waals surface area contributed by atoms with Gasteiger partial charge in [-0.2, -0.15) is 0 Å². The van der Waals surface area contributed by atoms with Crippen LogP contribution in [0.3, 0.4) is 0 Å². The molecule has 156 valence electrons. The summed E-state index contributed by atoms with van der Waals surface area (Å²) in [6.45, 7) is 4.63. The van der Waals surface area contributed by atoms with Crippen LogP contribution >= 0.6 is 0 Å². The van der Waals surface area contributed by atoms with Crippen LogP contribution in [0, 0.1) is 12.8 Å². The summed E-state index contributed by atoms with van der Waals surface area (Å²) in [5, 5.41) is 14.5. The molecule has 1 atom stereocenters. The second-order valence-corrected chi connectivity index (χ2v) is 6.94. The third-order valence-corrected chi connectivity index (χ3v) is 4.53. The highest BCUT2D eigenvalue weighted by atomic mass is 16.5. The maximum absolute atomic E-state index is 12.3. The van der Waals surface area contributed by atoms with Crippen LogP contribution in [0.5, 0.6) is 5.75 Å². The number of aliphatic carboxylic acids is 1. The van der Waals surface area contributed by atoms with Gasteiger partial charge < -0.3 is 24.9 Å². The molecule has 0 bridgehead atoms. The first-order valence-corrected chi connectivity index (χ1v) is 9.03. The summed E-state index contributed by atoms with van der Waals surface area (Å²) in [6.07, 6.45) is -0.268. The van der Waals surface area contributed by atoms with E-state index in [1.165, 1.54) is 7.11 Å². The van der Waals surface area contributed by atoms with E-state index in [-0.39, 0.29) is 17.9 Å². The van der Waals surface area contributed by atoms with Crippen molar-refractivity contribution in [2.75, 3.05) is 13.7 Å². The SMILES string of the molecule is COc1ccc2c(C)c(CC(=O)NCC(=O)N[C@H](C(=O)O)C(C)C)c(=O)oc2c1. The van der Waals surface area contributed by atoms with Gasteiger partial charge >= 0.3 is 11.6 Å². The Morgan fingerprint density at radius 2 is 1.90 bits per heavy atom.